The van der Waals surface area contributed by atoms with Crippen LogP contribution >= 0.6 is 0 Å². The van der Waals surface area contributed by atoms with E-state index in [4.69, 9.17) is 0 Å². The number of rotatable bonds is 4. The minimum Gasteiger partial charge on any atom is -0.341 e. The van der Waals surface area contributed by atoms with E-state index in [1.165, 1.54) is 16.6 Å². The lowest BCUT2D eigenvalue weighted by Gasteiger charge is -2.04. The van der Waals surface area contributed by atoms with Gasteiger partial charge in [-0.3, -0.25) is 0 Å². The SMILES string of the molecule is Cc1ccc(/N=N/c2cn(Cc3ccccc3)c3ccccc23)cc1. The van der Waals surface area contributed by atoms with E-state index in [-0.39, 0.29) is 0 Å². The van der Waals surface area contributed by atoms with Crippen LogP contribution in [0, 0.1) is 6.92 Å². The number of nitrogens with zero attached hydrogens (tertiary/aromatic N) is 3. The first kappa shape index (κ1) is 15.3. The lowest BCUT2D eigenvalue weighted by atomic mass is 10.2. The Kier molecular flexibility index (Phi) is 4.13. The maximum absolute atomic E-state index is 4.50. The van der Waals surface area contributed by atoms with Crippen LogP contribution < -0.4 is 0 Å². The molecule has 1 aromatic heterocycles. The summed E-state index contributed by atoms with van der Waals surface area (Å²) in [6, 6.07) is 26.9. The third-order valence-electron chi connectivity index (χ3n) is 4.27. The molecule has 1 heterocycles. The summed E-state index contributed by atoms with van der Waals surface area (Å²) < 4.78 is 2.23. The highest BCUT2D eigenvalue weighted by Crippen LogP contribution is 2.30. The van der Waals surface area contributed by atoms with Crippen molar-refractivity contribution in [3.05, 3.63) is 96.2 Å². The number of fused-ring (bicyclic) bond motifs is 1. The smallest absolute Gasteiger partial charge is 0.111 e. The minimum atomic E-state index is 0.821. The molecule has 0 fully saturated rings. The van der Waals surface area contributed by atoms with Gasteiger partial charge in [0.25, 0.3) is 0 Å². The highest BCUT2D eigenvalue weighted by molar-refractivity contribution is 5.91. The molecule has 0 spiro atoms. The van der Waals surface area contributed by atoms with Crippen LogP contribution in [0.4, 0.5) is 11.4 Å². The van der Waals surface area contributed by atoms with Crippen LogP contribution in [-0.2, 0) is 6.54 Å². The zero-order chi connectivity index (χ0) is 17.1. The van der Waals surface area contributed by atoms with Gasteiger partial charge in [0.2, 0.25) is 0 Å². The van der Waals surface area contributed by atoms with Gasteiger partial charge in [-0.2, -0.15) is 5.11 Å². The molecule has 0 aliphatic carbocycles. The van der Waals surface area contributed by atoms with Crippen molar-refractivity contribution in [1.29, 1.82) is 0 Å². The van der Waals surface area contributed by atoms with E-state index in [1.54, 1.807) is 0 Å². The van der Waals surface area contributed by atoms with Crippen LogP contribution in [-0.4, -0.2) is 4.57 Å². The molecule has 0 saturated heterocycles. The second kappa shape index (κ2) is 6.73. The fourth-order valence-corrected chi connectivity index (χ4v) is 2.94. The number of azo groups is 1. The molecule has 0 bridgehead atoms. The molecular formula is C22H19N3. The standard InChI is InChI=1S/C22H19N3/c1-17-11-13-19(14-12-17)23-24-21-16-25(15-18-7-3-2-4-8-18)22-10-6-5-9-20(21)22/h2-14,16H,15H2,1H3/b24-23+. The summed E-state index contributed by atoms with van der Waals surface area (Å²) in [4.78, 5) is 0. The maximum atomic E-state index is 4.50. The molecule has 4 rings (SSSR count). The lowest BCUT2D eigenvalue weighted by Crippen LogP contribution is -1.96. The molecule has 0 saturated carbocycles. The Balaban J connectivity index is 1.70. The molecule has 0 aliphatic heterocycles. The van der Waals surface area contributed by atoms with E-state index in [0.717, 1.165) is 23.3 Å². The topological polar surface area (TPSA) is 29.6 Å². The number of hydrogen-bond donors (Lipinski definition) is 0. The normalized spacial score (nSPS) is 11.4. The molecule has 3 aromatic carbocycles. The molecular weight excluding hydrogens is 306 g/mol. The Bertz CT molecular complexity index is 1010. The quantitative estimate of drug-likeness (QED) is 0.388. The van der Waals surface area contributed by atoms with Crippen molar-refractivity contribution in [2.75, 3.05) is 0 Å². The summed E-state index contributed by atoms with van der Waals surface area (Å²) in [6.45, 7) is 2.89. The zero-order valence-electron chi connectivity index (χ0n) is 14.1. The van der Waals surface area contributed by atoms with Crippen molar-refractivity contribution in [2.45, 2.75) is 13.5 Å². The molecule has 0 amide bonds. The van der Waals surface area contributed by atoms with Gasteiger partial charge in [0.1, 0.15) is 5.69 Å². The largest absolute Gasteiger partial charge is 0.341 e. The highest BCUT2D eigenvalue weighted by Gasteiger charge is 2.08. The molecule has 4 aromatic rings. The summed E-state index contributed by atoms with van der Waals surface area (Å²) in [5.74, 6) is 0. The highest BCUT2D eigenvalue weighted by atomic mass is 15.1. The second-order valence-electron chi connectivity index (χ2n) is 6.18. The van der Waals surface area contributed by atoms with Gasteiger partial charge in [-0.15, -0.1) is 5.11 Å². The fourth-order valence-electron chi connectivity index (χ4n) is 2.94. The van der Waals surface area contributed by atoms with Crippen LogP contribution in [0.5, 0.6) is 0 Å². The average Bonchev–Trinajstić information content (AvgIpc) is 3.00. The van der Waals surface area contributed by atoms with E-state index >= 15 is 0 Å². The summed E-state index contributed by atoms with van der Waals surface area (Å²) in [7, 11) is 0. The number of benzene rings is 3. The van der Waals surface area contributed by atoms with E-state index in [9.17, 15) is 0 Å². The average molecular weight is 325 g/mol. The monoisotopic (exact) mass is 325 g/mol. The van der Waals surface area contributed by atoms with Gasteiger partial charge in [-0.1, -0.05) is 66.2 Å². The molecule has 0 aliphatic rings. The zero-order valence-corrected chi connectivity index (χ0v) is 14.1. The maximum Gasteiger partial charge on any atom is 0.111 e. The first-order chi connectivity index (χ1) is 12.3. The summed E-state index contributed by atoms with van der Waals surface area (Å²) in [5.41, 5.74) is 5.42. The van der Waals surface area contributed by atoms with Crippen molar-refractivity contribution < 1.29 is 0 Å². The molecule has 0 N–H and O–H groups in total. The molecule has 122 valence electrons. The van der Waals surface area contributed by atoms with Crippen molar-refractivity contribution in [3.63, 3.8) is 0 Å². The van der Waals surface area contributed by atoms with E-state index in [1.807, 2.05) is 36.4 Å². The van der Waals surface area contributed by atoms with Crippen LogP contribution in [0.1, 0.15) is 11.1 Å². The van der Waals surface area contributed by atoms with Gasteiger partial charge in [0, 0.05) is 18.1 Å². The number of aromatic nitrogens is 1. The summed E-state index contributed by atoms with van der Waals surface area (Å²) in [6.07, 6.45) is 2.08. The third kappa shape index (κ3) is 3.36. The Morgan fingerprint density at radius 3 is 2.28 bits per heavy atom. The molecule has 25 heavy (non-hydrogen) atoms. The van der Waals surface area contributed by atoms with Crippen LogP contribution in [0.2, 0.25) is 0 Å². The Morgan fingerprint density at radius 1 is 0.760 bits per heavy atom. The van der Waals surface area contributed by atoms with Crippen molar-refractivity contribution in [1.82, 2.24) is 4.57 Å². The van der Waals surface area contributed by atoms with Gasteiger partial charge in [0.15, 0.2) is 0 Å². The number of aryl methyl sites for hydroxylation is 1. The van der Waals surface area contributed by atoms with Crippen molar-refractivity contribution in [2.24, 2.45) is 10.2 Å². The van der Waals surface area contributed by atoms with Crippen molar-refractivity contribution in [3.8, 4) is 0 Å². The molecule has 0 unspecified atom stereocenters. The van der Waals surface area contributed by atoms with Gasteiger partial charge in [-0.25, -0.2) is 0 Å². The molecule has 3 heteroatoms. The number of hydrogen-bond acceptors (Lipinski definition) is 2. The second-order valence-corrected chi connectivity index (χ2v) is 6.18. The van der Waals surface area contributed by atoms with E-state index in [2.05, 4.69) is 70.4 Å². The van der Waals surface area contributed by atoms with Crippen molar-refractivity contribution >= 4 is 22.3 Å². The molecule has 0 radical (unpaired) electrons. The number of para-hydroxylation sites is 1. The van der Waals surface area contributed by atoms with Gasteiger partial charge >= 0.3 is 0 Å². The minimum absolute atomic E-state index is 0.821. The van der Waals surface area contributed by atoms with Crippen LogP contribution in [0.25, 0.3) is 10.9 Å². The Morgan fingerprint density at radius 2 is 1.48 bits per heavy atom. The third-order valence-corrected chi connectivity index (χ3v) is 4.27. The summed E-state index contributed by atoms with van der Waals surface area (Å²) >= 11 is 0. The lowest BCUT2D eigenvalue weighted by molar-refractivity contribution is 0.836. The molecule has 0 atom stereocenters. The molecule has 3 nitrogen and oxygen atoms in total. The van der Waals surface area contributed by atoms with Gasteiger partial charge in [0.05, 0.1) is 11.2 Å². The van der Waals surface area contributed by atoms with Gasteiger partial charge in [-0.05, 0) is 30.7 Å². The predicted octanol–water partition coefficient (Wildman–Crippen LogP) is 6.41. The first-order valence-corrected chi connectivity index (χ1v) is 8.40. The van der Waals surface area contributed by atoms with E-state index in [0.29, 0.717) is 0 Å². The van der Waals surface area contributed by atoms with Crippen LogP contribution in [0.15, 0.2) is 95.3 Å². The Labute approximate surface area is 147 Å². The first-order valence-electron chi connectivity index (χ1n) is 8.40. The Hall–Kier alpha value is -3.20. The summed E-state index contributed by atoms with van der Waals surface area (Å²) in [5, 5.41) is 10.0. The predicted molar refractivity (Wildman–Crippen MR) is 103 cm³/mol. The van der Waals surface area contributed by atoms with E-state index < -0.39 is 0 Å². The van der Waals surface area contributed by atoms with Crippen LogP contribution in [0.3, 0.4) is 0 Å². The van der Waals surface area contributed by atoms with Gasteiger partial charge < -0.3 is 4.57 Å². The fraction of sp³-hybridized carbons (Fsp3) is 0.0909.